The van der Waals surface area contributed by atoms with E-state index in [1.54, 1.807) is 27.3 Å². The molecule has 2 aliphatic heterocycles. The van der Waals surface area contributed by atoms with E-state index in [4.69, 9.17) is 0 Å². The van der Waals surface area contributed by atoms with Gasteiger partial charge in [0.2, 0.25) is 5.91 Å². The van der Waals surface area contributed by atoms with E-state index in [0.717, 1.165) is 12.1 Å². The number of anilines is 3. The third-order valence-electron chi connectivity index (χ3n) is 6.29. The summed E-state index contributed by atoms with van der Waals surface area (Å²) in [5, 5.41) is 1.96. The van der Waals surface area contributed by atoms with Gasteiger partial charge in [0.25, 0.3) is 10.0 Å². The Bertz CT molecular complexity index is 1310. The summed E-state index contributed by atoms with van der Waals surface area (Å²) in [6.45, 7) is 2.61. The van der Waals surface area contributed by atoms with Gasteiger partial charge in [-0.1, -0.05) is 0 Å². The molecule has 0 saturated carbocycles. The molecule has 3 aromatic rings. The van der Waals surface area contributed by atoms with Crippen molar-refractivity contribution in [3.63, 3.8) is 0 Å². The van der Waals surface area contributed by atoms with Crippen LogP contribution in [0.25, 0.3) is 0 Å². The molecule has 0 bridgehead atoms. The molecule has 1 amide bonds. The normalized spacial score (nSPS) is 19.4. The van der Waals surface area contributed by atoms with Gasteiger partial charge in [0.1, 0.15) is 11.6 Å². The van der Waals surface area contributed by atoms with Crippen LogP contribution in [-0.2, 0) is 14.8 Å². The molecule has 1 atom stereocenters. The largest absolute Gasteiger partial charge is 0.367 e. The number of nitrogens with one attached hydrogen (secondary N) is 1. The number of halogens is 2. The summed E-state index contributed by atoms with van der Waals surface area (Å²) in [6, 6.07) is 9.31. The molecule has 12 heteroatoms. The van der Waals surface area contributed by atoms with Crippen LogP contribution in [0.2, 0.25) is 0 Å². The summed E-state index contributed by atoms with van der Waals surface area (Å²) < 4.78 is 55.2. The molecule has 0 unspecified atom stereocenters. The number of hydrogen-bond acceptors (Lipinski definition) is 7. The predicted molar refractivity (Wildman–Crippen MR) is 130 cm³/mol. The van der Waals surface area contributed by atoms with Gasteiger partial charge in [0.15, 0.2) is 5.13 Å². The average Bonchev–Trinajstić information content (AvgIpc) is 3.50. The Hall–Kier alpha value is -3.09. The van der Waals surface area contributed by atoms with Crippen LogP contribution in [0.1, 0.15) is 6.42 Å². The smallest absolute Gasteiger partial charge is 0.263 e. The van der Waals surface area contributed by atoms with Gasteiger partial charge in [-0.25, -0.2) is 22.2 Å². The lowest BCUT2D eigenvalue weighted by Crippen LogP contribution is -2.52. The summed E-state index contributed by atoms with van der Waals surface area (Å²) >= 11 is 1.18. The van der Waals surface area contributed by atoms with Gasteiger partial charge in [-0.15, -0.1) is 11.3 Å². The first kappa shape index (κ1) is 23.6. The summed E-state index contributed by atoms with van der Waals surface area (Å²) in [5.74, 6) is -0.995. The number of aromatic nitrogens is 1. The number of carbonyl (C=O) groups is 1. The number of amides is 1. The van der Waals surface area contributed by atoms with E-state index in [1.165, 1.54) is 35.7 Å². The highest BCUT2D eigenvalue weighted by Gasteiger charge is 2.38. The highest BCUT2D eigenvalue weighted by molar-refractivity contribution is 7.93. The fourth-order valence-electron chi connectivity index (χ4n) is 4.52. The zero-order valence-electron chi connectivity index (χ0n) is 18.6. The standard InChI is InChI=1S/C23H23F2N5O3S2/c24-16-1-6-19(25)21(15-16)29-12-10-28(11-13-29)20-7-9-30(22(20)31)17-2-4-18(5-3-17)35(32,33)27-23-26-8-14-34-23/h1-6,8,14-15,20H,7,9-13H2,(H,26,27)/t20-/m0/s1. The van der Waals surface area contributed by atoms with Crippen molar-refractivity contribution in [2.45, 2.75) is 17.4 Å². The van der Waals surface area contributed by atoms with Gasteiger partial charge in [0, 0.05) is 56.1 Å². The van der Waals surface area contributed by atoms with Crippen LogP contribution in [0.3, 0.4) is 0 Å². The molecule has 0 spiro atoms. The van der Waals surface area contributed by atoms with Crippen molar-refractivity contribution in [3.05, 3.63) is 65.7 Å². The number of nitrogens with zero attached hydrogens (tertiary/aromatic N) is 4. The SMILES string of the molecule is O=C1[C@@H](N2CCN(c3cc(F)ccc3F)CC2)CCN1c1ccc(S(=O)(=O)Nc2nccs2)cc1. The molecule has 184 valence electrons. The van der Waals surface area contributed by atoms with Gasteiger partial charge >= 0.3 is 0 Å². The molecule has 1 N–H and O–H groups in total. The van der Waals surface area contributed by atoms with E-state index >= 15 is 0 Å². The first-order valence-corrected chi connectivity index (χ1v) is 13.5. The maximum absolute atomic E-state index is 14.1. The molecule has 0 radical (unpaired) electrons. The molecule has 1 aromatic heterocycles. The van der Waals surface area contributed by atoms with E-state index in [2.05, 4.69) is 14.6 Å². The summed E-state index contributed by atoms with van der Waals surface area (Å²) in [7, 11) is -3.77. The lowest BCUT2D eigenvalue weighted by molar-refractivity contribution is -0.121. The van der Waals surface area contributed by atoms with Crippen molar-refractivity contribution < 1.29 is 22.0 Å². The molecule has 5 rings (SSSR count). The summed E-state index contributed by atoms with van der Waals surface area (Å²) in [4.78, 5) is 22.7. The summed E-state index contributed by atoms with van der Waals surface area (Å²) in [6.07, 6.45) is 2.15. The molecule has 3 heterocycles. The van der Waals surface area contributed by atoms with Crippen LogP contribution in [0.4, 0.5) is 25.3 Å². The Morgan fingerprint density at radius 3 is 2.43 bits per heavy atom. The molecule has 8 nitrogen and oxygen atoms in total. The Labute approximate surface area is 205 Å². The van der Waals surface area contributed by atoms with Gasteiger partial charge in [0.05, 0.1) is 16.6 Å². The molecule has 35 heavy (non-hydrogen) atoms. The summed E-state index contributed by atoms with van der Waals surface area (Å²) in [5.41, 5.74) is 0.870. The second-order valence-corrected chi connectivity index (χ2v) is 10.9. The minimum atomic E-state index is -3.77. The van der Waals surface area contributed by atoms with Crippen molar-refractivity contribution >= 4 is 43.8 Å². The Kier molecular flexibility index (Phi) is 6.43. The van der Waals surface area contributed by atoms with Gasteiger partial charge < -0.3 is 9.80 Å². The minimum Gasteiger partial charge on any atom is -0.367 e. The highest BCUT2D eigenvalue weighted by Crippen LogP contribution is 2.28. The Balaban J connectivity index is 1.22. The van der Waals surface area contributed by atoms with Crippen molar-refractivity contribution in [3.8, 4) is 0 Å². The lowest BCUT2D eigenvalue weighted by Gasteiger charge is -2.38. The quantitative estimate of drug-likeness (QED) is 0.539. The third-order valence-corrected chi connectivity index (χ3v) is 8.47. The fraction of sp³-hybridized carbons (Fsp3) is 0.304. The second kappa shape index (κ2) is 9.51. The molecule has 2 aromatic carbocycles. The maximum atomic E-state index is 14.1. The van der Waals surface area contributed by atoms with Crippen LogP contribution in [0, 0.1) is 11.6 Å². The lowest BCUT2D eigenvalue weighted by atomic mass is 10.1. The van der Waals surface area contributed by atoms with Crippen LogP contribution in [-0.4, -0.2) is 63.0 Å². The first-order chi connectivity index (χ1) is 16.8. The molecular weight excluding hydrogens is 496 g/mol. The van der Waals surface area contributed by atoms with Crippen LogP contribution in [0.15, 0.2) is 58.9 Å². The number of sulfonamides is 1. The van der Waals surface area contributed by atoms with Crippen molar-refractivity contribution in [2.75, 3.05) is 47.2 Å². The second-order valence-electron chi connectivity index (χ2n) is 8.35. The Morgan fingerprint density at radius 1 is 1.00 bits per heavy atom. The molecule has 2 fully saturated rings. The maximum Gasteiger partial charge on any atom is 0.263 e. The van der Waals surface area contributed by atoms with Crippen LogP contribution < -0.4 is 14.5 Å². The molecule has 0 aliphatic carbocycles. The minimum absolute atomic E-state index is 0.0492. The number of rotatable bonds is 6. The van der Waals surface area contributed by atoms with E-state index in [9.17, 15) is 22.0 Å². The van der Waals surface area contributed by atoms with Gasteiger partial charge in [-0.3, -0.25) is 14.4 Å². The van der Waals surface area contributed by atoms with Gasteiger partial charge in [-0.05, 0) is 42.8 Å². The molecule has 2 aliphatic rings. The number of hydrogen-bond donors (Lipinski definition) is 1. The number of carbonyl (C=O) groups excluding carboxylic acids is 1. The fourth-order valence-corrected chi connectivity index (χ4v) is 6.30. The predicted octanol–water partition coefficient (Wildman–Crippen LogP) is 3.15. The Morgan fingerprint density at radius 2 is 1.74 bits per heavy atom. The monoisotopic (exact) mass is 519 g/mol. The van der Waals surface area contributed by atoms with Crippen LogP contribution in [0.5, 0.6) is 0 Å². The zero-order valence-corrected chi connectivity index (χ0v) is 20.2. The average molecular weight is 520 g/mol. The van der Waals surface area contributed by atoms with Gasteiger partial charge in [-0.2, -0.15) is 0 Å². The highest BCUT2D eigenvalue weighted by atomic mass is 32.2. The van der Waals surface area contributed by atoms with E-state index < -0.39 is 21.7 Å². The van der Waals surface area contributed by atoms with Crippen LogP contribution >= 0.6 is 11.3 Å². The third kappa shape index (κ3) is 4.86. The van der Waals surface area contributed by atoms with E-state index in [0.29, 0.717) is 44.8 Å². The molecular formula is C23H23F2N5O3S2. The molecule has 2 saturated heterocycles. The number of piperazine rings is 1. The zero-order chi connectivity index (χ0) is 24.6. The first-order valence-electron chi connectivity index (χ1n) is 11.1. The number of thiazole rings is 1. The van der Waals surface area contributed by atoms with Crippen molar-refractivity contribution in [2.24, 2.45) is 0 Å². The van der Waals surface area contributed by atoms with E-state index in [-0.39, 0.29) is 27.7 Å². The van der Waals surface area contributed by atoms with Crippen molar-refractivity contribution in [1.29, 1.82) is 0 Å². The number of benzene rings is 2. The topological polar surface area (TPSA) is 85.9 Å². The van der Waals surface area contributed by atoms with Crippen molar-refractivity contribution in [1.82, 2.24) is 9.88 Å². The van der Waals surface area contributed by atoms with E-state index in [1.807, 2.05) is 0 Å².